The summed E-state index contributed by atoms with van der Waals surface area (Å²) in [6.45, 7) is 3.92. The predicted molar refractivity (Wildman–Crippen MR) is 75.3 cm³/mol. The van der Waals surface area contributed by atoms with Gasteiger partial charge in [-0.3, -0.25) is 0 Å². The molecule has 0 saturated carbocycles. The predicted octanol–water partition coefficient (Wildman–Crippen LogP) is 2.69. The lowest BCUT2D eigenvalue weighted by atomic mass is 9.94. The summed E-state index contributed by atoms with van der Waals surface area (Å²) in [5.74, 6) is -0.879. The molecule has 0 amide bonds. The zero-order chi connectivity index (χ0) is 14.7. The van der Waals surface area contributed by atoms with Gasteiger partial charge in [0.25, 0.3) is 0 Å². The first-order valence-corrected chi connectivity index (χ1v) is 6.60. The minimum atomic E-state index is -0.879. The topological polar surface area (TPSA) is 77.8 Å². The van der Waals surface area contributed by atoms with Crippen LogP contribution in [-0.4, -0.2) is 33.5 Å². The van der Waals surface area contributed by atoms with Gasteiger partial charge in [-0.2, -0.15) is 0 Å². The van der Waals surface area contributed by atoms with E-state index in [-0.39, 0.29) is 6.61 Å². The molecule has 0 bridgehead atoms. The Balaban J connectivity index is 0.000000342. The molecule has 0 saturated heterocycles. The summed E-state index contributed by atoms with van der Waals surface area (Å²) in [5, 5.41) is 26.8. The van der Waals surface area contributed by atoms with Crippen LogP contribution in [0.15, 0.2) is 30.3 Å². The Hall–Kier alpha value is -1.39. The van der Waals surface area contributed by atoms with Crippen molar-refractivity contribution in [3.63, 3.8) is 0 Å². The lowest BCUT2D eigenvalue weighted by Crippen LogP contribution is -2.32. The van der Waals surface area contributed by atoms with Gasteiger partial charge < -0.3 is 15.3 Å². The summed E-state index contributed by atoms with van der Waals surface area (Å²) in [6, 6.07) is 8.30. The summed E-state index contributed by atoms with van der Waals surface area (Å²) >= 11 is 0. The second kappa shape index (κ2) is 9.53. The quantitative estimate of drug-likeness (QED) is 0.741. The van der Waals surface area contributed by atoms with Gasteiger partial charge in [-0.15, -0.1) is 0 Å². The molecule has 4 heteroatoms. The van der Waals surface area contributed by atoms with E-state index in [1.54, 1.807) is 30.3 Å². The van der Waals surface area contributed by atoms with Gasteiger partial charge in [0.2, 0.25) is 0 Å². The molecule has 4 nitrogen and oxygen atoms in total. The van der Waals surface area contributed by atoms with E-state index in [0.717, 1.165) is 12.8 Å². The molecule has 0 aromatic heterocycles. The highest BCUT2D eigenvalue weighted by molar-refractivity contribution is 5.87. The minimum absolute atomic E-state index is 0.103. The van der Waals surface area contributed by atoms with Gasteiger partial charge in [-0.1, -0.05) is 44.9 Å². The lowest BCUT2D eigenvalue weighted by molar-refractivity contribution is -0.0288. The smallest absolute Gasteiger partial charge is 0.335 e. The third-order valence-corrected chi connectivity index (χ3v) is 2.75. The summed E-state index contributed by atoms with van der Waals surface area (Å²) in [6.07, 6.45) is 3.27. The molecule has 0 aliphatic heterocycles. The number of carboxylic acid groups (broad SMARTS) is 1. The van der Waals surface area contributed by atoms with Crippen molar-refractivity contribution in [3.05, 3.63) is 35.9 Å². The van der Waals surface area contributed by atoms with Crippen LogP contribution in [-0.2, 0) is 0 Å². The fraction of sp³-hybridized carbons (Fsp3) is 0.533. The molecule has 1 aromatic rings. The summed E-state index contributed by atoms with van der Waals surface area (Å²) in [4.78, 5) is 10.2. The number of rotatable bonds is 6. The largest absolute Gasteiger partial charge is 0.478 e. The molecule has 0 fully saturated rings. The molecule has 3 N–H and O–H groups in total. The highest BCUT2D eigenvalue weighted by Gasteiger charge is 2.22. The van der Waals surface area contributed by atoms with Crippen LogP contribution >= 0.6 is 0 Å². The maximum Gasteiger partial charge on any atom is 0.335 e. The van der Waals surface area contributed by atoms with Gasteiger partial charge >= 0.3 is 5.97 Å². The van der Waals surface area contributed by atoms with Crippen molar-refractivity contribution in [2.45, 2.75) is 45.1 Å². The van der Waals surface area contributed by atoms with E-state index in [1.165, 1.54) is 0 Å². The molecule has 108 valence electrons. The van der Waals surface area contributed by atoms with Crippen LogP contribution in [0.5, 0.6) is 0 Å². The van der Waals surface area contributed by atoms with E-state index in [4.69, 9.17) is 10.2 Å². The zero-order valence-electron chi connectivity index (χ0n) is 11.7. The van der Waals surface area contributed by atoms with Crippen LogP contribution in [0.2, 0.25) is 0 Å². The molecule has 0 radical (unpaired) electrons. The van der Waals surface area contributed by atoms with E-state index in [2.05, 4.69) is 0 Å². The van der Waals surface area contributed by atoms with E-state index < -0.39 is 11.6 Å². The van der Waals surface area contributed by atoms with Crippen molar-refractivity contribution in [2.75, 3.05) is 6.61 Å². The van der Waals surface area contributed by atoms with Crippen LogP contribution in [0.4, 0.5) is 0 Å². The fourth-order valence-corrected chi connectivity index (χ4v) is 1.79. The molecular weight excluding hydrogens is 244 g/mol. The second-order valence-electron chi connectivity index (χ2n) is 4.55. The first-order valence-electron chi connectivity index (χ1n) is 6.60. The third kappa shape index (κ3) is 7.59. The number of hydrogen-bond acceptors (Lipinski definition) is 3. The number of aliphatic hydroxyl groups is 2. The van der Waals surface area contributed by atoms with Gasteiger partial charge in [0.15, 0.2) is 0 Å². The van der Waals surface area contributed by atoms with E-state index in [1.807, 2.05) is 13.8 Å². The van der Waals surface area contributed by atoms with Gasteiger partial charge in [0.1, 0.15) is 0 Å². The highest BCUT2D eigenvalue weighted by Crippen LogP contribution is 2.17. The number of aromatic carboxylic acids is 1. The van der Waals surface area contributed by atoms with E-state index >= 15 is 0 Å². The maximum atomic E-state index is 10.2. The molecule has 0 spiro atoms. The Bertz CT molecular complexity index is 342. The molecule has 0 heterocycles. The number of benzene rings is 1. The minimum Gasteiger partial charge on any atom is -0.478 e. The summed E-state index contributed by atoms with van der Waals surface area (Å²) < 4.78 is 0. The van der Waals surface area contributed by atoms with Crippen molar-refractivity contribution < 1.29 is 20.1 Å². The fourth-order valence-electron chi connectivity index (χ4n) is 1.79. The van der Waals surface area contributed by atoms with Crippen molar-refractivity contribution in [3.8, 4) is 0 Å². The first-order chi connectivity index (χ1) is 8.99. The average Bonchev–Trinajstić information content (AvgIpc) is 2.41. The molecule has 0 atom stereocenters. The Kier molecular flexibility index (Phi) is 8.83. The Morgan fingerprint density at radius 3 is 1.84 bits per heavy atom. The van der Waals surface area contributed by atoms with Crippen molar-refractivity contribution in [1.29, 1.82) is 0 Å². The molecule has 1 rings (SSSR count). The molecule has 0 aliphatic rings. The summed E-state index contributed by atoms with van der Waals surface area (Å²) in [5.41, 5.74) is -0.471. The molecule has 0 unspecified atom stereocenters. The maximum absolute atomic E-state index is 10.2. The average molecular weight is 268 g/mol. The Morgan fingerprint density at radius 2 is 1.58 bits per heavy atom. The second-order valence-corrected chi connectivity index (χ2v) is 4.55. The number of carbonyl (C=O) groups is 1. The van der Waals surface area contributed by atoms with E-state index in [0.29, 0.717) is 18.4 Å². The van der Waals surface area contributed by atoms with Crippen LogP contribution < -0.4 is 0 Å². The normalized spacial score (nSPS) is 10.5. The molecule has 19 heavy (non-hydrogen) atoms. The zero-order valence-corrected chi connectivity index (χ0v) is 11.7. The van der Waals surface area contributed by atoms with E-state index in [9.17, 15) is 9.90 Å². The number of aliphatic hydroxyl groups excluding tert-OH is 1. The van der Waals surface area contributed by atoms with Gasteiger partial charge in [0.05, 0.1) is 17.8 Å². The van der Waals surface area contributed by atoms with Crippen LogP contribution in [0.25, 0.3) is 0 Å². The lowest BCUT2D eigenvalue weighted by Gasteiger charge is -2.24. The van der Waals surface area contributed by atoms with Crippen molar-refractivity contribution >= 4 is 5.97 Å². The van der Waals surface area contributed by atoms with Crippen molar-refractivity contribution in [2.24, 2.45) is 0 Å². The van der Waals surface area contributed by atoms with Gasteiger partial charge in [-0.05, 0) is 25.0 Å². The SMILES string of the molecule is CCCC(O)(CO)CCC.O=C(O)c1ccccc1. The Labute approximate surface area is 114 Å². The highest BCUT2D eigenvalue weighted by atomic mass is 16.4. The summed E-state index contributed by atoms with van der Waals surface area (Å²) in [7, 11) is 0. The number of carboxylic acids is 1. The van der Waals surface area contributed by atoms with Crippen LogP contribution in [0.1, 0.15) is 49.9 Å². The van der Waals surface area contributed by atoms with Gasteiger partial charge in [0, 0.05) is 0 Å². The molecule has 1 aromatic carbocycles. The number of hydrogen-bond donors (Lipinski definition) is 3. The van der Waals surface area contributed by atoms with Crippen LogP contribution in [0.3, 0.4) is 0 Å². The van der Waals surface area contributed by atoms with Crippen LogP contribution in [0, 0.1) is 0 Å². The third-order valence-electron chi connectivity index (χ3n) is 2.75. The van der Waals surface area contributed by atoms with Crippen molar-refractivity contribution in [1.82, 2.24) is 0 Å². The standard InChI is InChI=1S/C8H18O2.C7H6O2/c1-3-5-8(10,7-9)6-4-2;8-7(9)6-4-2-1-3-5-6/h9-10H,3-7H2,1-2H3;1-5H,(H,8,9). The Morgan fingerprint density at radius 1 is 1.11 bits per heavy atom. The molecule has 0 aliphatic carbocycles. The van der Waals surface area contributed by atoms with Gasteiger partial charge in [-0.25, -0.2) is 4.79 Å². The first kappa shape index (κ1) is 17.6. The molecular formula is C15H24O4. The monoisotopic (exact) mass is 268 g/mol.